The van der Waals surface area contributed by atoms with Gasteiger partial charge in [-0.3, -0.25) is 9.78 Å². The first-order valence-corrected chi connectivity index (χ1v) is 10.6. The molecule has 0 aliphatic carbocycles. The Morgan fingerprint density at radius 3 is 2.39 bits per heavy atom. The van der Waals surface area contributed by atoms with Gasteiger partial charge in [-0.15, -0.1) is 0 Å². The molecule has 0 radical (unpaired) electrons. The van der Waals surface area contributed by atoms with Crippen molar-refractivity contribution < 1.29 is 4.79 Å². The Labute approximate surface area is 169 Å². The van der Waals surface area contributed by atoms with Crippen LogP contribution in [0.4, 0.5) is 5.69 Å². The maximum absolute atomic E-state index is 12.8. The van der Waals surface area contributed by atoms with E-state index < -0.39 is 0 Å². The molecule has 156 valence electrons. The Morgan fingerprint density at radius 1 is 1.14 bits per heavy atom. The number of pyridine rings is 1. The number of carbonyl (C=O) groups is 1. The second kappa shape index (κ2) is 10.2. The van der Waals surface area contributed by atoms with Crippen LogP contribution in [0.15, 0.2) is 24.5 Å². The van der Waals surface area contributed by atoms with Crippen LogP contribution < -0.4 is 10.6 Å². The van der Waals surface area contributed by atoms with E-state index in [-0.39, 0.29) is 11.9 Å². The van der Waals surface area contributed by atoms with Crippen molar-refractivity contribution in [3.05, 3.63) is 24.5 Å². The van der Waals surface area contributed by atoms with Gasteiger partial charge in [-0.25, -0.2) is 0 Å². The van der Waals surface area contributed by atoms with Crippen LogP contribution in [0.1, 0.15) is 19.3 Å². The number of nitrogens with two attached hydrogens (primary N) is 1. The van der Waals surface area contributed by atoms with Crippen molar-refractivity contribution in [3.63, 3.8) is 0 Å². The fourth-order valence-electron chi connectivity index (χ4n) is 4.22. The lowest BCUT2D eigenvalue weighted by Gasteiger charge is -2.38. The van der Waals surface area contributed by atoms with Crippen molar-refractivity contribution in [3.8, 4) is 0 Å². The highest BCUT2D eigenvalue weighted by molar-refractivity contribution is 5.82. The van der Waals surface area contributed by atoms with Gasteiger partial charge in [-0.2, -0.15) is 0 Å². The molecule has 1 aromatic heterocycles. The minimum Gasteiger partial charge on any atom is -0.368 e. The van der Waals surface area contributed by atoms with Gasteiger partial charge in [0, 0.05) is 57.3 Å². The van der Waals surface area contributed by atoms with Gasteiger partial charge >= 0.3 is 0 Å². The summed E-state index contributed by atoms with van der Waals surface area (Å²) in [5.41, 5.74) is 7.50. The van der Waals surface area contributed by atoms with Crippen molar-refractivity contribution in [1.29, 1.82) is 0 Å². The van der Waals surface area contributed by atoms with Crippen LogP contribution in [0.2, 0.25) is 0 Å². The lowest BCUT2D eigenvalue weighted by atomic mass is 9.90. The molecule has 0 bridgehead atoms. The van der Waals surface area contributed by atoms with Gasteiger partial charge in [-0.05, 0) is 64.5 Å². The quantitative estimate of drug-likeness (QED) is 0.742. The second-order valence-corrected chi connectivity index (χ2v) is 8.45. The molecule has 1 aromatic rings. The number of nitrogens with zero attached hydrogens (tertiary/aromatic N) is 5. The van der Waals surface area contributed by atoms with E-state index in [1.807, 2.05) is 29.4 Å². The average Bonchev–Trinajstić information content (AvgIpc) is 2.73. The molecule has 2 saturated heterocycles. The molecule has 2 fully saturated rings. The molecule has 0 spiro atoms. The van der Waals surface area contributed by atoms with E-state index in [0.29, 0.717) is 5.92 Å². The zero-order valence-corrected chi connectivity index (χ0v) is 17.5. The van der Waals surface area contributed by atoms with Crippen LogP contribution in [-0.2, 0) is 4.79 Å². The second-order valence-electron chi connectivity index (χ2n) is 8.45. The van der Waals surface area contributed by atoms with Crippen molar-refractivity contribution >= 4 is 11.6 Å². The number of carbonyl (C=O) groups excluding carboxylic acids is 1. The maximum Gasteiger partial charge on any atom is 0.239 e. The van der Waals surface area contributed by atoms with Gasteiger partial charge in [0.2, 0.25) is 5.91 Å². The highest BCUT2D eigenvalue weighted by atomic mass is 16.2. The molecule has 0 saturated carbocycles. The Balaban J connectivity index is 1.38. The van der Waals surface area contributed by atoms with Crippen LogP contribution in [0.3, 0.4) is 0 Å². The summed E-state index contributed by atoms with van der Waals surface area (Å²) in [6, 6.07) is 3.69. The first kappa shape index (κ1) is 21.0. The number of piperidine rings is 1. The molecule has 3 rings (SSSR count). The highest BCUT2D eigenvalue weighted by Crippen LogP contribution is 2.22. The van der Waals surface area contributed by atoms with Gasteiger partial charge in [0.25, 0.3) is 0 Å². The summed E-state index contributed by atoms with van der Waals surface area (Å²) < 4.78 is 0. The lowest BCUT2D eigenvalue weighted by molar-refractivity contribution is -0.133. The topological polar surface area (TPSA) is 68.9 Å². The summed E-state index contributed by atoms with van der Waals surface area (Å²) in [5, 5.41) is 0. The summed E-state index contributed by atoms with van der Waals surface area (Å²) in [6.07, 6.45) is 6.77. The molecule has 2 N–H and O–H groups in total. The van der Waals surface area contributed by atoms with Crippen molar-refractivity contribution in [1.82, 2.24) is 19.7 Å². The number of hydrogen-bond donors (Lipinski definition) is 1. The molecule has 1 atom stereocenters. The minimum absolute atomic E-state index is 0.129. The number of aromatic nitrogens is 1. The van der Waals surface area contributed by atoms with Crippen molar-refractivity contribution in [2.24, 2.45) is 11.7 Å². The van der Waals surface area contributed by atoms with Gasteiger partial charge in [-0.1, -0.05) is 0 Å². The highest BCUT2D eigenvalue weighted by Gasteiger charge is 2.28. The largest absolute Gasteiger partial charge is 0.368 e. The number of anilines is 1. The first-order chi connectivity index (χ1) is 13.5. The fourth-order valence-corrected chi connectivity index (χ4v) is 4.22. The van der Waals surface area contributed by atoms with Gasteiger partial charge in [0.1, 0.15) is 0 Å². The van der Waals surface area contributed by atoms with E-state index in [0.717, 1.165) is 71.6 Å². The number of piperazine rings is 1. The first-order valence-electron chi connectivity index (χ1n) is 10.6. The third-order valence-electron chi connectivity index (χ3n) is 6.09. The summed E-state index contributed by atoms with van der Waals surface area (Å²) in [5.74, 6) is 0.706. The zero-order chi connectivity index (χ0) is 19.9. The average molecular weight is 389 g/mol. The van der Waals surface area contributed by atoms with Crippen LogP contribution in [-0.4, -0.2) is 98.1 Å². The number of likely N-dealkylation sites (N-methyl/N-ethyl adjacent to an activating group) is 1. The zero-order valence-electron chi connectivity index (χ0n) is 17.5. The van der Waals surface area contributed by atoms with Gasteiger partial charge in [0.15, 0.2) is 0 Å². The number of amides is 1. The number of likely N-dealkylation sites (tertiary alicyclic amines) is 1. The summed E-state index contributed by atoms with van der Waals surface area (Å²) in [6.45, 7) is 7.70. The number of hydrogen-bond acceptors (Lipinski definition) is 6. The van der Waals surface area contributed by atoms with E-state index in [4.69, 9.17) is 5.73 Å². The Kier molecular flexibility index (Phi) is 7.65. The van der Waals surface area contributed by atoms with Crippen LogP contribution in [0, 0.1) is 5.92 Å². The van der Waals surface area contributed by atoms with E-state index in [2.05, 4.69) is 33.8 Å². The predicted molar refractivity (Wildman–Crippen MR) is 113 cm³/mol. The van der Waals surface area contributed by atoms with Crippen LogP contribution >= 0.6 is 0 Å². The normalized spacial score (nSPS) is 20.6. The molecule has 7 nitrogen and oxygen atoms in total. The monoisotopic (exact) mass is 388 g/mol. The van der Waals surface area contributed by atoms with E-state index in [1.54, 1.807) is 0 Å². The van der Waals surface area contributed by atoms with Crippen molar-refractivity contribution in [2.75, 3.05) is 71.4 Å². The number of rotatable bonds is 7. The smallest absolute Gasteiger partial charge is 0.239 e. The van der Waals surface area contributed by atoms with Crippen LogP contribution in [0.25, 0.3) is 0 Å². The van der Waals surface area contributed by atoms with Crippen molar-refractivity contribution in [2.45, 2.75) is 25.3 Å². The van der Waals surface area contributed by atoms with E-state index in [1.165, 1.54) is 5.69 Å². The third kappa shape index (κ3) is 5.90. The molecule has 0 aromatic carbocycles. The summed E-state index contributed by atoms with van der Waals surface area (Å²) >= 11 is 0. The predicted octanol–water partition coefficient (Wildman–Crippen LogP) is 0.721. The SMILES string of the molecule is CN(C)CCN1CCC(C[C@H](N)C(=O)N2CCN(c3ccncc3)CC2)CC1. The lowest BCUT2D eigenvalue weighted by Crippen LogP contribution is -2.53. The molecule has 0 unspecified atom stereocenters. The Bertz CT molecular complexity index is 594. The third-order valence-corrected chi connectivity index (χ3v) is 6.09. The molecular formula is C21H36N6O. The van der Waals surface area contributed by atoms with Gasteiger partial charge in [0.05, 0.1) is 6.04 Å². The van der Waals surface area contributed by atoms with Crippen LogP contribution in [0.5, 0.6) is 0 Å². The molecule has 3 heterocycles. The summed E-state index contributed by atoms with van der Waals surface area (Å²) in [4.78, 5) is 25.9. The molecule has 1 amide bonds. The van der Waals surface area contributed by atoms with E-state index in [9.17, 15) is 4.79 Å². The van der Waals surface area contributed by atoms with E-state index >= 15 is 0 Å². The molecule has 28 heavy (non-hydrogen) atoms. The molecule has 2 aliphatic heterocycles. The minimum atomic E-state index is -0.356. The molecule has 2 aliphatic rings. The maximum atomic E-state index is 12.8. The van der Waals surface area contributed by atoms with Gasteiger partial charge < -0.3 is 25.3 Å². The fraction of sp³-hybridized carbons (Fsp3) is 0.714. The Hall–Kier alpha value is -1.70. The Morgan fingerprint density at radius 2 is 1.79 bits per heavy atom. The molecule has 7 heteroatoms. The standard InChI is InChI=1S/C21H36N6O/c1-24(2)11-12-25-9-5-18(6-10-25)17-20(22)21(28)27-15-13-26(14-16-27)19-3-7-23-8-4-19/h3-4,7-8,18,20H,5-6,9-17,22H2,1-2H3/t20-/m0/s1. The summed E-state index contributed by atoms with van der Waals surface area (Å²) in [7, 11) is 4.24. The molecular weight excluding hydrogens is 352 g/mol.